The van der Waals surface area contributed by atoms with E-state index in [2.05, 4.69) is 50.4 Å². The Labute approximate surface area is 104 Å². The normalized spacial score (nSPS) is 11.0. The molecule has 0 unspecified atom stereocenters. The van der Waals surface area contributed by atoms with Crippen LogP contribution in [0.1, 0.15) is 32.8 Å². The largest absolute Gasteiger partial charge is 0.312 e. The fourth-order valence-corrected chi connectivity index (χ4v) is 2.20. The minimum absolute atomic E-state index is 0.722. The molecule has 0 bridgehead atoms. The van der Waals surface area contributed by atoms with Crippen molar-refractivity contribution in [2.24, 2.45) is 5.92 Å². The number of nitrogens with one attached hydrogen (secondary N) is 1. The maximum atomic E-state index is 3.46. The van der Waals surface area contributed by atoms with E-state index < -0.39 is 0 Å². The van der Waals surface area contributed by atoms with Gasteiger partial charge in [-0.2, -0.15) is 0 Å². The van der Waals surface area contributed by atoms with Gasteiger partial charge in [-0.15, -0.1) is 11.8 Å². The minimum Gasteiger partial charge on any atom is -0.312 e. The second-order valence-electron chi connectivity index (χ2n) is 4.52. The molecule has 2 heteroatoms. The number of rotatable bonds is 7. The van der Waals surface area contributed by atoms with Crippen molar-refractivity contribution in [1.82, 2.24) is 5.32 Å². The first-order valence-electron chi connectivity index (χ1n) is 6.14. The fourth-order valence-electron chi connectivity index (χ4n) is 1.43. The van der Waals surface area contributed by atoms with Gasteiger partial charge in [-0.3, -0.25) is 0 Å². The first-order chi connectivity index (χ1) is 7.72. The number of hydrogen-bond donors (Lipinski definition) is 1. The molecule has 0 spiro atoms. The Morgan fingerprint density at radius 3 is 2.44 bits per heavy atom. The maximum absolute atomic E-state index is 3.46. The zero-order valence-electron chi connectivity index (χ0n) is 10.6. The Morgan fingerprint density at radius 2 is 1.88 bits per heavy atom. The third kappa shape index (κ3) is 5.57. The average molecular weight is 237 g/mol. The number of thioether (sulfide) groups is 1. The predicted molar refractivity (Wildman–Crippen MR) is 74.0 cm³/mol. The second-order valence-corrected chi connectivity index (χ2v) is 5.69. The summed E-state index contributed by atoms with van der Waals surface area (Å²) in [7, 11) is 0. The summed E-state index contributed by atoms with van der Waals surface area (Å²) in [6.45, 7) is 8.76. The van der Waals surface area contributed by atoms with Crippen molar-refractivity contribution in [1.29, 1.82) is 0 Å². The first kappa shape index (κ1) is 13.6. The van der Waals surface area contributed by atoms with Crippen molar-refractivity contribution in [2.75, 3.05) is 12.3 Å². The topological polar surface area (TPSA) is 12.0 Å². The second kappa shape index (κ2) is 7.75. The summed E-state index contributed by atoms with van der Waals surface area (Å²) in [5, 5.41) is 3.46. The molecule has 0 saturated heterocycles. The third-order valence-electron chi connectivity index (χ3n) is 2.28. The van der Waals surface area contributed by atoms with E-state index in [0.717, 1.165) is 19.0 Å². The van der Waals surface area contributed by atoms with Crippen molar-refractivity contribution >= 4 is 11.8 Å². The molecule has 1 N–H and O–H groups in total. The van der Waals surface area contributed by atoms with Crippen LogP contribution in [0.4, 0.5) is 0 Å². The molecule has 1 rings (SSSR count). The standard InChI is InChI=1S/C14H23NS/c1-4-9-16-14-7-5-13(6-8-14)11-15-10-12(2)3/h5-8,12,15H,4,9-11H2,1-3H3. The van der Waals surface area contributed by atoms with E-state index >= 15 is 0 Å². The molecule has 0 aliphatic heterocycles. The molecule has 1 aromatic rings. The van der Waals surface area contributed by atoms with Gasteiger partial charge < -0.3 is 5.32 Å². The summed E-state index contributed by atoms with van der Waals surface area (Å²) in [6.07, 6.45) is 1.24. The maximum Gasteiger partial charge on any atom is 0.0205 e. The zero-order valence-corrected chi connectivity index (χ0v) is 11.4. The highest BCUT2D eigenvalue weighted by molar-refractivity contribution is 7.99. The lowest BCUT2D eigenvalue weighted by Crippen LogP contribution is -2.18. The Bertz CT molecular complexity index is 279. The van der Waals surface area contributed by atoms with Gasteiger partial charge in [0.2, 0.25) is 0 Å². The Morgan fingerprint density at radius 1 is 1.19 bits per heavy atom. The highest BCUT2D eigenvalue weighted by Gasteiger charge is 1.96. The van der Waals surface area contributed by atoms with E-state index in [1.807, 2.05) is 11.8 Å². The van der Waals surface area contributed by atoms with E-state index in [1.54, 1.807) is 0 Å². The van der Waals surface area contributed by atoms with Crippen LogP contribution < -0.4 is 5.32 Å². The van der Waals surface area contributed by atoms with Gasteiger partial charge in [-0.1, -0.05) is 32.9 Å². The molecule has 1 nitrogen and oxygen atoms in total. The van der Waals surface area contributed by atoms with Crippen molar-refractivity contribution in [3.8, 4) is 0 Å². The van der Waals surface area contributed by atoms with Gasteiger partial charge in [0.05, 0.1) is 0 Å². The SMILES string of the molecule is CCCSc1ccc(CNCC(C)C)cc1. The van der Waals surface area contributed by atoms with Gasteiger partial charge >= 0.3 is 0 Å². The van der Waals surface area contributed by atoms with Gasteiger partial charge in [0.15, 0.2) is 0 Å². The predicted octanol–water partition coefficient (Wildman–Crippen LogP) is 3.93. The lowest BCUT2D eigenvalue weighted by molar-refractivity contribution is 0.552. The molecule has 0 aliphatic carbocycles. The van der Waals surface area contributed by atoms with E-state index in [9.17, 15) is 0 Å². The molecule has 0 aliphatic rings. The molecule has 90 valence electrons. The lowest BCUT2D eigenvalue weighted by Gasteiger charge is -2.08. The van der Waals surface area contributed by atoms with Gasteiger partial charge in [0, 0.05) is 11.4 Å². The van der Waals surface area contributed by atoms with E-state index in [1.165, 1.54) is 22.6 Å². The molecule has 0 aromatic heterocycles. The summed E-state index contributed by atoms with van der Waals surface area (Å²) in [6, 6.07) is 8.91. The van der Waals surface area contributed by atoms with E-state index in [-0.39, 0.29) is 0 Å². The van der Waals surface area contributed by atoms with Crippen LogP contribution in [0.3, 0.4) is 0 Å². The van der Waals surface area contributed by atoms with Crippen LogP contribution in [0.5, 0.6) is 0 Å². The molecule has 16 heavy (non-hydrogen) atoms. The lowest BCUT2D eigenvalue weighted by atomic mass is 10.2. The quantitative estimate of drug-likeness (QED) is 0.721. The van der Waals surface area contributed by atoms with E-state index in [0.29, 0.717) is 0 Å². The van der Waals surface area contributed by atoms with Crippen LogP contribution in [-0.2, 0) is 6.54 Å². The van der Waals surface area contributed by atoms with Crippen LogP contribution in [0.2, 0.25) is 0 Å². The van der Waals surface area contributed by atoms with Gasteiger partial charge in [0.25, 0.3) is 0 Å². The Hall–Kier alpha value is -0.470. The monoisotopic (exact) mass is 237 g/mol. The van der Waals surface area contributed by atoms with Crippen LogP contribution in [0, 0.1) is 5.92 Å². The highest BCUT2D eigenvalue weighted by Crippen LogP contribution is 2.18. The molecule has 1 aromatic carbocycles. The molecule has 0 fully saturated rings. The Balaban J connectivity index is 2.33. The minimum atomic E-state index is 0.722. The fraction of sp³-hybridized carbons (Fsp3) is 0.571. The summed E-state index contributed by atoms with van der Waals surface area (Å²) in [5.41, 5.74) is 1.38. The van der Waals surface area contributed by atoms with Crippen molar-refractivity contribution < 1.29 is 0 Å². The summed E-state index contributed by atoms with van der Waals surface area (Å²) >= 11 is 1.94. The van der Waals surface area contributed by atoms with Crippen molar-refractivity contribution in [3.05, 3.63) is 29.8 Å². The average Bonchev–Trinajstić information content (AvgIpc) is 2.27. The van der Waals surface area contributed by atoms with Gasteiger partial charge in [-0.25, -0.2) is 0 Å². The summed E-state index contributed by atoms with van der Waals surface area (Å²) in [4.78, 5) is 1.38. The molecular weight excluding hydrogens is 214 g/mol. The third-order valence-corrected chi connectivity index (χ3v) is 3.50. The molecule has 0 atom stereocenters. The van der Waals surface area contributed by atoms with Gasteiger partial charge in [-0.05, 0) is 42.3 Å². The molecule has 0 radical (unpaired) electrons. The van der Waals surface area contributed by atoms with Crippen molar-refractivity contribution in [3.63, 3.8) is 0 Å². The van der Waals surface area contributed by atoms with Crippen LogP contribution in [-0.4, -0.2) is 12.3 Å². The smallest absolute Gasteiger partial charge is 0.0205 e. The highest BCUT2D eigenvalue weighted by atomic mass is 32.2. The van der Waals surface area contributed by atoms with Crippen LogP contribution in [0.25, 0.3) is 0 Å². The first-order valence-corrected chi connectivity index (χ1v) is 7.13. The van der Waals surface area contributed by atoms with Crippen LogP contribution in [0.15, 0.2) is 29.2 Å². The number of hydrogen-bond acceptors (Lipinski definition) is 2. The number of benzene rings is 1. The summed E-state index contributed by atoms with van der Waals surface area (Å²) in [5.74, 6) is 1.93. The molecular formula is C14H23NS. The van der Waals surface area contributed by atoms with Crippen molar-refractivity contribution in [2.45, 2.75) is 38.6 Å². The zero-order chi connectivity index (χ0) is 11.8. The van der Waals surface area contributed by atoms with Gasteiger partial charge in [0.1, 0.15) is 0 Å². The Kier molecular flexibility index (Phi) is 6.58. The van der Waals surface area contributed by atoms with Crippen LogP contribution >= 0.6 is 11.8 Å². The molecule has 0 saturated carbocycles. The van der Waals surface area contributed by atoms with E-state index in [4.69, 9.17) is 0 Å². The summed E-state index contributed by atoms with van der Waals surface area (Å²) < 4.78 is 0. The molecule has 0 heterocycles. The molecule has 0 amide bonds.